The molecule has 0 aromatic heterocycles. The van der Waals surface area contributed by atoms with Gasteiger partial charge in [0, 0.05) is 5.56 Å². The van der Waals surface area contributed by atoms with Crippen molar-refractivity contribution in [2.24, 2.45) is 0 Å². The van der Waals surface area contributed by atoms with Crippen LogP contribution in [0.4, 0.5) is 13.2 Å². The van der Waals surface area contributed by atoms with Crippen LogP contribution in [0.15, 0.2) is 42.5 Å². The summed E-state index contributed by atoms with van der Waals surface area (Å²) in [6.07, 6.45) is -4.52. The first kappa shape index (κ1) is 17.6. The molecule has 1 N–H and O–H groups in total. The van der Waals surface area contributed by atoms with Crippen LogP contribution in [0.1, 0.15) is 21.5 Å². The Labute approximate surface area is 139 Å². The summed E-state index contributed by atoms with van der Waals surface area (Å²) in [5.41, 5.74) is 1.65. The maximum Gasteiger partial charge on any atom is 0.416 e. The van der Waals surface area contributed by atoms with Crippen molar-refractivity contribution >= 4 is 29.1 Å². The van der Waals surface area contributed by atoms with E-state index in [9.17, 15) is 18.0 Å². The monoisotopic (exact) mass is 363 g/mol. The Morgan fingerprint density at radius 2 is 1.83 bits per heavy atom. The molecule has 0 aliphatic carbocycles. The Bertz CT molecular complexity index is 720. The number of hydroxylamine groups is 1. The van der Waals surface area contributed by atoms with Crippen molar-refractivity contribution in [3.05, 3.63) is 69.2 Å². The van der Waals surface area contributed by atoms with Gasteiger partial charge in [0.2, 0.25) is 0 Å². The van der Waals surface area contributed by atoms with Gasteiger partial charge in [-0.05, 0) is 35.9 Å². The summed E-state index contributed by atoms with van der Waals surface area (Å²) < 4.78 is 37.8. The number of halogens is 5. The van der Waals surface area contributed by atoms with Gasteiger partial charge in [0.1, 0.15) is 0 Å². The summed E-state index contributed by atoms with van der Waals surface area (Å²) in [4.78, 5) is 16.8. The maximum absolute atomic E-state index is 12.6. The number of hydrogen-bond donors (Lipinski definition) is 1. The largest absolute Gasteiger partial charge is 0.416 e. The standard InChI is InChI=1S/C15H10Cl2F3NO2/c16-12-5-4-9(6-13(12)17)8-23-21-14(22)10-2-1-3-11(7-10)15(18,19)20/h1-7H,8H2,(H,21,22). The second-order valence-corrected chi connectivity index (χ2v) is 5.36. The molecule has 8 heteroatoms. The molecule has 1 amide bonds. The minimum absolute atomic E-state index is 0.0123. The average Bonchev–Trinajstić information content (AvgIpc) is 2.50. The SMILES string of the molecule is O=C(NOCc1ccc(Cl)c(Cl)c1)c1cccc(C(F)(F)F)c1. The minimum Gasteiger partial charge on any atom is -0.269 e. The van der Waals surface area contributed by atoms with E-state index in [2.05, 4.69) is 5.48 Å². The zero-order valence-corrected chi connectivity index (χ0v) is 13.0. The van der Waals surface area contributed by atoms with Crippen LogP contribution in [-0.4, -0.2) is 5.91 Å². The Kier molecular flexibility index (Phi) is 5.51. The Morgan fingerprint density at radius 1 is 1.09 bits per heavy atom. The lowest BCUT2D eigenvalue weighted by atomic mass is 10.1. The van der Waals surface area contributed by atoms with Crippen LogP contribution < -0.4 is 5.48 Å². The van der Waals surface area contributed by atoms with Gasteiger partial charge in [-0.3, -0.25) is 9.63 Å². The van der Waals surface area contributed by atoms with Gasteiger partial charge in [-0.25, -0.2) is 5.48 Å². The molecule has 122 valence electrons. The average molecular weight is 364 g/mol. The second kappa shape index (κ2) is 7.21. The highest BCUT2D eigenvalue weighted by atomic mass is 35.5. The van der Waals surface area contributed by atoms with E-state index >= 15 is 0 Å². The van der Waals surface area contributed by atoms with Crippen molar-refractivity contribution in [2.45, 2.75) is 12.8 Å². The van der Waals surface area contributed by atoms with E-state index in [1.54, 1.807) is 18.2 Å². The fraction of sp³-hybridized carbons (Fsp3) is 0.133. The van der Waals surface area contributed by atoms with Gasteiger partial charge in [0.05, 0.1) is 22.2 Å². The van der Waals surface area contributed by atoms with Crippen LogP contribution in [0.5, 0.6) is 0 Å². The lowest BCUT2D eigenvalue weighted by Gasteiger charge is -2.09. The maximum atomic E-state index is 12.6. The van der Waals surface area contributed by atoms with Crippen molar-refractivity contribution in [3.63, 3.8) is 0 Å². The van der Waals surface area contributed by atoms with Crippen molar-refractivity contribution in [3.8, 4) is 0 Å². The molecule has 0 aliphatic heterocycles. The predicted molar refractivity (Wildman–Crippen MR) is 80.2 cm³/mol. The normalized spacial score (nSPS) is 11.3. The van der Waals surface area contributed by atoms with Gasteiger partial charge in [0.25, 0.3) is 5.91 Å². The summed E-state index contributed by atoms with van der Waals surface area (Å²) in [6.45, 7) is -0.0123. The fourth-order valence-corrected chi connectivity index (χ4v) is 2.03. The second-order valence-electron chi connectivity index (χ2n) is 4.55. The fourth-order valence-electron chi connectivity index (χ4n) is 1.71. The van der Waals surface area contributed by atoms with E-state index in [0.29, 0.717) is 15.6 Å². The lowest BCUT2D eigenvalue weighted by Crippen LogP contribution is -2.24. The van der Waals surface area contributed by atoms with Crippen LogP contribution in [0.3, 0.4) is 0 Å². The van der Waals surface area contributed by atoms with Gasteiger partial charge in [0.15, 0.2) is 0 Å². The predicted octanol–water partition coefficient (Wildman–Crippen LogP) is 4.87. The van der Waals surface area contributed by atoms with Crippen molar-refractivity contribution in [1.82, 2.24) is 5.48 Å². The molecule has 2 rings (SSSR count). The number of amides is 1. The van der Waals surface area contributed by atoms with Gasteiger partial charge < -0.3 is 0 Å². The zero-order chi connectivity index (χ0) is 17.0. The van der Waals surface area contributed by atoms with E-state index in [-0.39, 0.29) is 12.2 Å². The topological polar surface area (TPSA) is 38.3 Å². The molecule has 0 atom stereocenters. The van der Waals surface area contributed by atoms with Gasteiger partial charge in [-0.15, -0.1) is 0 Å². The van der Waals surface area contributed by atoms with Gasteiger partial charge in [-0.2, -0.15) is 13.2 Å². The highest BCUT2D eigenvalue weighted by Gasteiger charge is 2.30. The first-order chi connectivity index (χ1) is 10.8. The number of hydrogen-bond acceptors (Lipinski definition) is 2. The molecule has 23 heavy (non-hydrogen) atoms. The molecule has 0 spiro atoms. The van der Waals surface area contributed by atoms with E-state index in [1.165, 1.54) is 6.07 Å². The van der Waals surface area contributed by atoms with Crippen LogP contribution in [0.2, 0.25) is 10.0 Å². The van der Waals surface area contributed by atoms with Crippen LogP contribution in [0.25, 0.3) is 0 Å². The summed E-state index contributed by atoms with van der Waals surface area (Å²) in [5.74, 6) is -0.781. The third kappa shape index (κ3) is 4.86. The highest BCUT2D eigenvalue weighted by Crippen LogP contribution is 2.29. The summed E-state index contributed by atoms with van der Waals surface area (Å²) in [5, 5.41) is 0.709. The highest BCUT2D eigenvalue weighted by molar-refractivity contribution is 6.42. The molecule has 2 aromatic rings. The van der Waals surface area contributed by atoms with Crippen molar-refractivity contribution < 1.29 is 22.8 Å². The summed E-state index contributed by atoms with van der Waals surface area (Å²) in [6, 6.07) is 8.80. The van der Waals surface area contributed by atoms with E-state index in [0.717, 1.165) is 18.2 Å². The van der Waals surface area contributed by atoms with Crippen LogP contribution >= 0.6 is 23.2 Å². The Morgan fingerprint density at radius 3 is 2.48 bits per heavy atom. The summed E-state index contributed by atoms with van der Waals surface area (Å²) >= 11 is 11.6. The molecule has 0 fully saturated rings. The van der Waals surface area contributed by atoms with Gasteiger partial charge >= 0.3 is 6.18 Å². The number of carbonyl (C=O) groups excluding carboxylic acids is 1. The molecule has 0 saturated carbocycles. The molecule has 2 aromatic carbocycles. The number of alkyl halides is 3. The molecule has 0 unspecified atom stereocenters. The van der Waals surface area contributed by atoms with E-state index < -0.39 is 17.6 Å². The third-order valence-electron chi connectivity index (χ3n) is 2.84. The van der Waals surface area contributed by atoms with E-state index in [1.807, 2.05) is 0 Å². The minimum atomic E-state index is -4.52. The summed E-state index contributed by atoms with van der Waals surface area (Å²) in [7, 11) is 0. The lowest BCUT2D eigenvalue weighted by molar-refractivity contribution is -0.137. The van der Waals surface area contributed by atoms with Gasteiger partial charge in [-0.1, -0.05) is 35.3 Å². The van der Waals surface area contributed by atoms with Crippen molar-refractivity contribution in [1.29, 1.82) is 0 Å². The molecule has 0 bridgehead atoms. The molecule has 0 heterocycles. The molecular weight excluding hydrogens is 354 g/mol. The molecule has 0 aliphatic rings. The number of rotatable bonds is 4. The van der Waals surface area contributed by atoms with Crippen LogP contribution in [-0.2, 0) is 17.6 Å². The number of carbonyl (C=O) groups is 1. The Hall–Kier alpha value is -1.76. The third-order valence-corrected chi connectivity index (χ3v) is 3.58. The number of nitrogens with one attached hydrogen (secondary N) is 1. The van der Waals surface area contributed by atoms with Crippen LogP contribution in [0, 0.1) is 0 Å². The quantitative estimate of drug-likeness (QED) is 0.786. The molecular formula is C15H10Cl2F3NO2. The molecule has 0 saturated heterocycles. The van der Waals surface area contributed by atoms with Crippen molar-refractivity contribution in [2.75, 3.05) is 0 Å². The zero-order valence-electron chi connectivity index (χ0n) is 11.5. The first-order valence-electron chi connectivity index (χ1n) is 6.30. The smallest absolute Gasteiger partial charge is 0.269 e. The molecule has 0 radical (unpaired) electrons. The first-order valence-corrected chi connectivity index (χ1v) is 7.06. The Balaban J connectivity index is 1.96. The van der Waals surface area contributed by atoms with E-state index in [4.69, 9.17) is 28.0 Å². The molecule has 3 nitrogen and oxygen atoms in total. The number of benzene rings is 2.